The SMILES string of the molecule is CNCC1CCN(S(=O)(=O)c2cc(C)c(Cl)s2)CC1.Cl. The van der Waals surface area contributed by atoms with Gasteiger partial charge in [0.15, 0.2) is 0 Å². The van der Waals surface area contributed by atoms with Crippen molar-refractivity contribution in [1.82, 2.24) is 9.62 Å². The second-order valence-corrected chi connectivity index (χ2v) is 8.75. The normalized spacial score (nSPS) is 17.9. The van der Waals surface area contributed by atoms with Crippen molar-refractivity contribution < 1.29 is 8.42 Å². The zero-order chi connectivity index (χ0) is 14.0. The first-order valence-corrected chi connectivity index (χ1v) is 8.99. The van der Waals surface area contributed by atoms with Crippen LogP contribution < -0.4 is 5.32 Å². The number of aryl methyl sites for hydroxylation is 1. The van der Waals surface area contributed by atoms with Crippen LogP contribution in [0.3, 0.4) is 0 Å². The van der Waals surface area contributed by atoms with Gasteiger partial charge < -0.3 is 5.32 Å². The molecule has 1 aromatic heterocycles. The molecule has 2 rings (SSSR count). The largest absolute Gasteiger partial charge is 0.319 e. The van der Waals surface area contributed by atoms with Crippen molar-refractivity contribution in [3.63, 3.8) is 0 Å². The minimum atomic E-state index is -3.36. The molecule has 2 heterocycles. The highest BCUT2D eigenvalue weighted by Gasteiger charge is 2.30. The summed E-state index contributed by atoms with van der Waals surface area (Å²) < 4.78 is 27.5. The molecule has 0 atom stereocenters. The summed E-state index contributed by atoms with van der Waals surface area (Å²) >= 11 is 7.12. The second-order valence-electron chi connectivity index (χ2n) is 4.93. The van der Waals surface area contributed by atoms with E-state index in [2.05, 4.69) is 5.32 Å². The molecule has 0 bridgehead atoms. The predicted octanol–water partition coefficient (Wildman–Crippen LogP) is 2.75. The fourth-order valence-electron chi connectivity index (χ4n) is 2.33. The topological polar surface area (TPSA) is 49.4 Å². The minimum Gasteiger partial charge on any atom is -0.319 e. The Bertz CT molecular complexity index is 518. The van der Waals surface area contributed by atoms with E-state index in [-0.39, 0.29) is 12.4 Å². The molecule has 0 spiro atoms. The molecule has 8 heteroatoms. The fourth-order valence-corrected chi connectivity index (χ4v) is 5.66. The smallest absolute Gasteiger partial charge is 0.252 e. The summed E-state index contributed by atoms with van der Waals surface area (Å²) in [5, 5.41) is 3.15. The van der Waals surface area contributed by atoms with E-state index in [0.717, 1.165) is 36.3 Å². The number of nitrogens with one attached hydrogen (secondary N) is 1. The average Bonchev–Trinajstić information content (AvgIpc) is 2.71. The van der Waals surface area contributed by atoms with Crippen molar-refractivity contribution >= 4 is 45.4 Å². The molecule has 0 saturated carbocycles. The Morgan fingerprint density at radius 3 is 2.50 bits per heavy atom. The van der Waals surface area contributed by atoms with Gasteiger partial charge in [-0.25, -0.2) is 8.42 Å². The lowest BCUT2D eigenvalue weighted by molar-refractivity contribution is 0.271. The molecule has 116 valence electrons. The van der Waals surface area contributed by atoms with Gasteiger partial charge in [0.2, 0.25) is 0 Å². The molecule has 0 unspecified atom stereocenters. The van der Waals surface area contributed by atoms with E-state index >= 15 is 0 Å². The molecule has 1 aliphatic rings. The van der Waals surface area contributed by atoms with E-state index < -0.39 is 10.0 Å². The standard InChI is InChI=1S/C12H19ClN2O2S2.ClH/c1-9-7-11(18-12(9)13)19(16,17)15-5-3-10(4-6-15)8-14-2;/h7,10,14H,3-6,8H2,1-2H3;1H. The Morgan fingerprint density at radius 2 is 2.05 bits per heavy atom. The molecule has 1 aromatic rings. The van der Waals surface area contributed by atoms with Crippen LogP contribution in [0.25, 0.3) is 0 Å². The highest BCUT2D eigenvalue weighted by molar-refractivity contribution is 7.91. The molecular formula is C12H20Cl2N2O2S2. The number of piperidine rings is 1. The number of hydrogen-bond acceptors (Lipinski definition) is 4. The van der Waals surface area contributed by atoms with Crippen molar-refractivity contribution in [3.05, 3.63) is 16.0 Å². The van der Waals surface area contributed by atoms with Crippen molar-refractivity contribution in [2.75, 3.05) is 26.7 Å². The van der Waals surface area contributed by atoms with E-state index in [1.807, 2.05) is 14.0 Å². The Labute approximate surface area is 136 Å². The summed E-state index contributed by atoms with van der Waals surface area (Å²) in [6.45, 7) is 3.99. The maximum Gasteiger partial charge on any atom is 0.252 e. The van der Waals surface area contributed by atoms with Crippen LogP contribution in [0.5, 0.6) is 0 Å². The van der Waals surface area contributed by atoms with E-state index in [1.54, 1.807) is 10.4 Å². The second kappa shape index (κ2) is 7.42. The van der Waals surface area contributed by atoms with Gasteiger partial charge in [0.1, 0.15) is 4.21 Å². The number of halogens is 2. The van der Waals surface area contributed by atoms with Crippen LogP contribution in [-0.2, 0) is 10.0 Å². The molecule has 1 saturated heterocycles. The molecule has 0 aromatic carbocycles. The van der Waals surface area contributed by atoms with Gasteiger partial charge in [-0.05, 0) is 50.9 Å². The third kappa shape index (κ3) is 3.87. The number of rotatable bonds is 4. The number of nitrogens with zero attached hydrogens (tertiary/aromatic N) is 1. The Balaban J connectivity index is 0.00000200. The van der Waals surface area contributed by atoms with Gasteiger partial charge in [0, 0.05) is 13.1 Å². The van der Waals surface area contributed by atoms with Gasteiger partial charge in [-0.1, -0.05) is 11.6 Å². The molecule has 0 aliphatic carbocycles. The van der Waals surface area contributed by atoms with Crippen LogP contribution in [0.1, 0.15) is 18.4 Å². The van der Waals surface area contributed by atoms with Crippen molar-refractivity contribution in [1.29, 1.82) is 0 Å². The molecule has 1 aliphatic heterocycles. The van der Waals surface area contributed by atoms with Crippen LogP contribution in [0.4, 0.5) is 0 Å². The number of sulfonamides is 1. The molecular weight excluding hydrogens is 339 g/mol. The van der Waals surface area contributed by atoms with Gasteiger partial charge in [0.25, 0.3) is 10.0 Å². The molecule has 0 amide bonds. The van der Waals surface area contributed by atoms with Crippen LogP contribution in [0.15, 0.2) is 10.3 Å². The van der Waals surface area contributed by atoms with E-state index in [9.17, 15) is 8.42 Å². The molecule has 20 heavy (non-hydrogen) atoms. The van der Waals surface area contributed by atoms with Gasteiger partial charge in [-0.3, -0.25) is 0 Å². The molecule has 1 fully saturated rings. The van der Waals surface area contributed by atoms with Crippen LogP contribution in [-0.4, -0.2) is 39.4 Å². The summed E-state index contributed by atoms with van der Waals surface area (Å²) in [5.41, 5.74) is 0.829. The minimum absolute atomic E-state index is 0. The summed E-state index contributed by atoms with van der Waals surface area (Å²) in [5.74, 6) is 0.574. The van der Waals surface area contributed by atoms with E-state index in [0.29, 0.717) is 27.6 Å². The lowest BCUT2D eigenvalue weighted by Gasteiger charge is -2.30. The fraction of sp³-hybridized carbons (Fsp3) is 0.667. The first-order valence-electron chi connectivity index (χ1n) is 6.36. The van der Waals surface area contributed by atoms with Gasteiger partial charge >= 0.3 is 0 Å². The van der Waals surface area contributed by atoms with Crippen LogP contribution in [0.2, 0.25) is 4.34 Å². The Kier molecular flexibility index (Phi) is 6.76. The third-order valence-corrected chi connectivity index (χ3v) is 7.40. The summed E-state index contributed by atoms with van der Waals surface area (Å²) in [4.78, 5) is 0. The first kappa shape index (κ1) is 18.2. The maximum atomic E-state index is 12.5. The molecule has 1 N–H and O–H groups in total. The monoisotopic (exact) mass is 358 g/mol. The average molecular weight is 359 g/mol. The predicted molar refractivity (Wildman–Crippen MR) is 86.7 cm³/mol. The van der Waals surface area contributed by atoms with Gasteiger partial charge in [0.05, 0.1) is 4.34 Å². The zero-order valence-electron chi connectivity index (χ0n) is 11.6. The quantitative estimate of drug-likeness (QED) is 0.899. The maximum absolute atomic E-state index is 12.5. The summed E-state index contributed by atoms with van der Waals surface area (Å²) in [7, 11) is -1.42. The first-order chi connectivity index (χ1) is 8.95. The Hall–Kier alpha value is 0.150. The summed E-state index contributed by atoms with van der Waals surface area (Å²) in [6, 6.07) is 1.67. The molecule has 0 radical (unpaired) electrons. The number of thiophene rings is 1. The van der Waals surface area contributed by atoms with Crippen molar-refractivity contribution in [2.45, 2.75) is 24.0 Å². The van der Waals surface area contributed by atoms with Crippen molar-refractivity contribution in [2.24, 2.45) is 5.92 Å². The Morgan fingerprint density at radius 1 is 1.45 bits per heavy atom. The van der Waals surface area contributed by atoms with Crippen LogP contribution >= 0.6 is 35.3 Å². The van der Waals surface area contributed by atoms with E-state index in [1.165, 1.54) is 0 Å². The highest BCUT2D eigenvalue weighted by atomic mass is 35.5. The van der Waals surface area contributed by atoms with Gasteiger partial charge in [-0.2, -0.15) is 4.31 Å². The summed E-state index contributed by atoms with van der Waals surface area (Å²) in [6.07, 6.45) is 1.83. The van der Waals surface area contributed by atoms with Crippen molar-refractivity contribution in [3.8, 4) is 0 Å². The molecule has 4 nitrogen and oxygen atoms in total. The highest BCUT2D eigenvalue weighted by Crippen LogP contribution is 2.33. The van der Waals surface area contributed by atoms with Crippen LogP contribution in [0, 0.1) is 12.8 Å². The number of hydrogen-bond donors (Lipinski definition) is 1. The van der Waals surface area contributed by atoms with Gasteiger partial charge in [-0.15, -0.1) is 23.7 Å². The third-order valence-electron chi connectivity index (χ3n) is 3.50. The zero-order valence-corrected chi connectivity index (χ0v) is 14.8. The lowest BCUT2D eigenvalue weighted by atomic mass is 9.98. The lowest BCUT2D eigenvalue weighted by Crippen LogP contribution is -2.40. The van der Waals surface area contributed by atoms with E-state index in [4.69, 9.17) is 11.6 Å².